The highest BCUT2D eigenvalue weighted by molar-refractivity contribution is 8.14. The van der Waals surface area contributed by atoms with Gasteiger partial charge in [-0.05, 0) is 25.3 Å². The molecule has 1 aliphatic rings. The van der Waals surface area contributed by atoms with E-state index in [4.69, 9.17) is 16.3 Å². The van der Waals surface area contributed by atoms with Gasteiger partial charge in [-0.1, -0.05) is 35.5 Å². The minimum absolute atomic E-state index is 0.0561. The SMILES string of the molecule is CSC(=NS(=O)(=O)c1ccccc1Cl)Nc1nc(C)c2c(n1)OCC2. The van der Waals surface area contributed by atoms with Crippen LogP contribution in [0.5, 0.6) is 5.88 Å². The van der Waals surface area contributed by atoms with E-state index in [0.717, 1.165) is 29.4 Å². The molecule has 0 bridgehead atoms. The molecule has 132 valence electrons. The van der Waals surface area contributed by atoms with Gasteiger partial charge in [-0.25, -0.2) is 4.98 Å². The van der Waals surface area contributed by atoms with Crippen LogP contribution in [0, 0.1) is 6.92 Å². The first-order valence-corrected chi connectivity index (χ1v) is 10.4. The lowest BCUT2D eigenvalue weighted by molar-refractivity contribution is 0.345. The van der Waals surface area contributed by atoms with Crippen LogP contribution in [-0.4, -0.2) is 36.4 Å². The van der Waals surface area contributed by atoms with Crippen LogP contribution in [0.1, 0.15) is 11.3 Å². The maximum absolute atomic E-state index is 12.5. The van der Waals surface area contributed by atoms with Gasteiger partial charge in [0.2, 0.25) is 11.8 Å². The molecule has 25 heavy (non-hydrogen) atoms. The molecule has 1 aromatic heterocycles. The van der Waals surface area contributed by atoms with Gasteiger partial charge in [0.05, 0.1) is 17.3 Å². The van der Waals surface area contributed by atoms with Crippen molar-refractivity contribution in [1.82, 2.24) is 9.97 Å². The Bertz CT molecular complexity index is 948. The van der Waals surface area contributed by atoms with Crippen molar-refractivity contribution in [3.63, 3.8) is 0 Å². The van der Waals surface area contributed by atoms with Crippen molar-refractivity contribution in [2.45, 2.75) is 18.2 Å². The van der Waals surface area contributed by atoms with Gasteiger partial charge >= 0.3 is 0 Å². The van der Waals surface area contributed by atoms with Crippen LogP contribution in [0.25, 0.3) is 0 Å². The van der Waals surface area contributed by atoms with Crippen LogP contribution in [0.2, 0.25) is 5.02 Å². The summed E-state index contributed by atoms with van der Waals surface area (Å²) in [5, 5.41) is 3.08. The second kappa shape index (κ2) is 7.19. The molecule has 1 aliphatic heterocycles. The van der Waals surface area contributed by atoms with E-state index in [2.05, 4.69) is 19.7 Å². The molecule has 2 heterocycles. The fourth-order valence-corrected chi connectivity index (χ4v) is 4.44. The second-order valence-electron chi connectivity index (χ2n) is 5.15. The zero-order valence-corrected chi connectivity index (χ0v) is 15.9. The van der Waals surface area contributed by atoms with Gasteiger partial charge in [0.15, 0.2) is 5.17 Å². The fourth-order valence-electron chi connectivity index (χ4n) is 2.30. The van der Waals surface area contributed by atoms with Gasteiger partial charge < -0.3 is 10.1 Å². The standard InChI is InChI=1S/C15H15ClN4O3S2/c1-9-10-7-8-23-13(10)18-14(17-9)19-15(24-2)20-25(21,22)12-6-4-3-5-11(12)16/h3-6H,7-8H2,1-2H3,(H,17,18,19,20). The Morgan fingerprint density at radius 3 is 2.84 bits per heavy atom. The molecule has 1 N–H and O–H groups in total. The number of rotatable bonds is 3. The molecule has 0 amide bonds. The Labute approximate surface area is 154 Å². The third-order valence-corrected chi connectivity index (χ3v) is 5.97. The van der Waals surface area contributed by atoms with Crippen molar-refractivity contribution in [3.8, 4) is 5.88 Å². The number of sulfonamides is 1. The fraction of sp³-hybridized carbons (Fsp3) is 0.267. The lowest BCUT2D eigenvalue weighted by atomic mass is 10.2. The maximum Gasteiger partial charge on any atom is 0.286 e. The maximum atomic E-state index is 12.5. The number of aromatic nitrogens is 2. The Morgan fingerprint density at radius 2 is 2.12 bits per heavy atom. The minimum Gasteiger partial charge on any atom is -0.477 e. The number of amidine groups is 1. The van der Waals surface area contributed by atoms with Crippen LogP contribution >= 0.6 is 23.4 Å². The van der Waals surface area contributed by atoms with E-state index in [-0.39, 0.29) is 21.0 Å². The van der Waals surface area contributed by atoms with E-state index in [1.54, 1.807) is 18.4 Å². The van der Waals surface area contributed by atoms with Gasteiger partial charge in [-0.2, -0.15) is 13.4 Å². The van der Waals surface area contributed by atoms with Crippen molar-refractivity contribution < 1.29 is 13.2 Å². The predicted molar refractivity (Wildman–Crippen MR) is 99.2 cm³/mol. The first kappa shape index (κ1) is 18.0. The molecule has 0 atom stereocenters. The van der Waals surface area contributed by atoms with Crippen LogP contribution in [0.4, 0.5) is 5.95 Å². The molecule has 0 aliphatic carbocycles. The highest BCUT2D eigenvalue weighted by Crippen LogP contribution is 2.27. The third kappa shape index (κ3) is 3.88. The average molecular weight is 399 g/mol. The van der Waals surface area contributed by atoms with E-state index in [9.17, 15) is 8.42 Å². The summed E-state index contributed by atoms with van der Waals surface area (Å²) in [4.78, 5) is 8.54. The topological polar surface area (TPSA) is 93.5 Å². The first-order chi connectivity index (χ1) is 11.9. The van der Waals surface area contributed by atoms with Crippen molar-refractivity contribution in [1.29, 1.82) is 0 Å². The quantitative estimate of drug-likeness (QED) is 0.627. The zero-order chi connectivity index (χ0) is 18.0. The molecule has 1 aromatic carbocycles. The van der Waals surface area contributed by atoms with Gasteiger partial charge in [0.25, 0.3) is 10.0 Å². The summed E-state index contributed by atoms with van der Waals surface area (Å²) in [6.07, 6.45) is 2.47. The van der Waals surface area contributed by atoms with Crippen molar-refractivity contribution >= 4 is 44.5 Å². The summed E-state index contributed by atoms with van der Waals surface area (Å²) in [5.41, 5.74) is 1.76. The predicted octanol–water partition coefficient (Wildman–Crippen LogP) is 2.89. The summed E-state index contributed by atoms with van der Waals surface area (Å²) in [6.45, 7) is 2.43. The lowest BCUT2D eigenvalue weighted by Gasteiger charge is -2.09. The number of nitrogens with zero attached hydrogens (tertiary/aromatic N) is 3. The Morgan fingerprint density at radius 1 is 1.36 bits per heavy atom. The Balaban J connectivity index is 1.92. The van der Waals surface area contributed by atoms with Crippen molar-refractivity contribution in [3.05, 3.63) is 40.5 Å². The number of hydrogen-bond acceptors (Lipinski definition) is 6. The number of fused-ring (bicyclic) bond motifs is 1. The monoisotopic (exact) mass is 398 g/mol. The number of ether oxygens (including phenoxy) is 1. The lowest BCUT2D eigenvalue weighted by Crippen LogP contribution is -2.14. The molecule has 0 spiro atoms. The molecule has 0 saturated heterocycles. The normalized spacial score (nSPS) is 14.1. The average Bonchev–Trinajstić information content (AvgIpc) is 3.03. The van der Waals surface area contributed by atoms with Gasteiger partial charge in [0, 0.05) is 12.0 Å². The number of nitrogens with one attached hydrogen (secondary N) is 1. The number of hydrogen-bond donors (Lipinski definition) is 1. The van der Waals surface area contributed by atoms with E-state index >= 15 is 0 Å². The highest BCUT2D eigenvalue weighted by Gasteiger charge is 2.21. The second-order valence-corrected chi connectivity index (χ2v) is 7.92. The van der Waals surface area contributed by atoms with E-state index in [0.29, 0.717) is 12.5 Å². The van der Waals surface area contributed by atoms with Crippen LogP contribution in [0.15, 0.2) is 33.6 Å². The molecule has 0 fully saturated rings. The Hall–Kier alpha value is -1.84. The third-order valence-electron chi connectivity index (χ3n) is 3.50. The van der Waals surface area contributed by atoms with Gasteiger partial charge in [-0.3, -0.25) is 0 Å². The van der Waals surface area contributed by atoms with Gasteiger partial charge in [-0.15, -0.1) is 4.40 Å². The number of anilines is 1. The van der Waals surface area contributed by atoms with Crippen molar-refractivity contribution in [2.75, 3.05) is 18.2 Å². The highest BCUT2D eigenvalue weighted by atomic mass is 35.5. The van der Waals surface area contributed by atoms with Crippen molar-refractivity contribution in [2.24, 2.45) is 4.40 Å². The van der Waals surface area contributed by atoms with Crippen LogP contribution in [-0.2, 0) is 16.4 Å². The molecule has 0 saturated carbocycles. The molecule has 7 nitrogen and oxygen atoms in total. The summed E-state index contributed by atoms with van der Waals surface area (Å²) < 4.78 is 34.2. The zero-order valence-electron chi connectivity index (χ0n) is 13.5. The molecule has 2 aromatic rings. The number of benzene rings is 1. The summed E-state index contributed by atoms with van der Waals surface area (Å²) in [5.74, 6) is 0.755. The summed E-state index contributed by atoms with van der Waals surface area (Å²) in [6, 6.07) is 6.15. The van der Waals surface area contributed by atoms with Crippen LogP contribution in [0.3, 0.4) is 0 Å². The van der Waals surface area contributed by atoms with E-state index < -0.39 is 10.0 Å². The number of aryl methyl sites for hydroxylation is 1. The van der Waals surface area contributed by atoms with Crippen LogP contribution < -0.4 is 10.1 Å². The number of thioether (sulfide) groups is 1. The van der Waals surface area contributed by atoms with E-state index in [1.165, 1.54) is 12.1 Å². The molecule has 0 unspecified atom stereocenters. The summed E-state index contributed by atoms with van der Waals surface area (Å²) in [7, 11) is -3.96. The molecular formula is C15H15ClN4O3S2. The largest absolute Gasteiger partial charge is 0.477 e. The number of halogens is 1. The molecule has 3 rings (SSSR count). The first-order valence-electron chi connectivity index (χ1n) is 7.31. The van der Waals surface area contributed by atoms with Gasteiger partial charge in [0.1, 0.15) is 4.90 Å². The minimum atomic E-state index is -3.96. The smallest absolute Gasteiger partial charge is 0.286 e. The molecular weight excluding hydrogens is 384 g/mol. The van der Waals surface area contributed by atoms with E-state index in [1.807, 2.05) is 6.92 Å². The molecule has 0 radical (unpaired) electrons. The Kier molecular flexibility index (Phi) is 5.16. The summed E-state index contributed by atoms with van der Waals surface area (Å²) >= 11 is 7.09. The molecule has 10 heteroatoms.